The Morgan fingerprint density at radius 3 is 2.79 bits per heavy atom. The van der Waals surface area contributed by atoms with Crippen LogP contribution in [0.1, 0.15) is 40.4 Å². The van der Waals surface area contributed by atoms with Crippen molar-refractivity contribution < 1.29 is 14.3 Å². The first-order chi connectivity index (χ1) is 9.08. The Morgan fingerprint density at radius 2 is 2.21 bits per heavy atom. The number of hydrogen-bond acceptors (Lipinski definition) is 2. The van der Waals surface area contributed by atoms with E-state index in [1.807, 2.05) is 0 Å². The van der Waals surface area contributed by atoms with Gasteiger partial charge < -0.3 is 5.11 Å². The van der Waals surface area contributed by atoms with Gasteiger partial charge in [-0.1, -0.05) is 0 Å². The number of carboxylic acids is 1. The molecule has 0 spiro atoms. The Hall–Kier alpha value is -2.17. The summed E-state index contributed by atoms with van der Waals surface area (Å²) in [6, 6.07) is 4.42. The van der Waals surface area contributed by atoms with Gasteiger partial charge in [-0.15, -0.1) is 0 Å². The minimum atomic E-state index is -0.965. The molecule has 1 aliphatic rings. The zero-order valence-electron chi connectivity index (χ0n) is 10.4. The van der Waals surface area contributed by atoms with E-state index in [9.17, 15) is 14.3 Å². The number of rotatable bonds is 3. The Balaban J connectivity index is 2.17. The van der Waals surface area contributed by atoms with Gasteiger partial charge in [0.25, 0.3) is 0 Å². The molecule has 0 aliphatic heterocycles. The van der Waals surface area contributed by atoms with Crippen LogP contribution in [-0.4, -0.2) is 20.9 Å². The highest BCUT2D eigenvalue weighted by Gasteiger charge is 2.33. The van der Waals surface area contributed by atoms with E-state index in [-0.39, 0.29) is 17.3 Å². The van der Waals surface area contributed by atoms with E-state index >= 15 is 0 Å². The van der Waals surface area contributed by atoms with Crippen molar-refractivity contribution in [2.24, 2.45) is 0 Å². The standard InChI is InChI=1S/C14H13FN2O2/c1-8-6-10(15)4-5-12(8)17-13(9-2-3-9)11(7-16-17)14(18)19/h4-7,9H,2-3H2,1H3,(H,18,19). The van der Waals surface area contributed by atoms with E-state index in [0.717, 1.165) is 29.8 Å². The van der Waals surface area contributed by atoms with Crippen LogP contribution in [0.3, 0.4) is 0 Å². The van der Waals surface area contributed by atoms with Crippen molar-refractivity contribution in [2.45, 2.75) is 25.7 Å². The third-order valence-corrected chi connectivity index (χ3v) is 3.39. The van der Waals surface area contributed by atoms with Crippen molar-refractivity contribution in [2.75, 3.05) is 0 Å². The normalized spacial score (nSPS) is 14.6. The maximum Gasteiger partial charge on any atom is 0.339 e. The van der Waals surface area contributed by atoms with Gasteiger partial charge in [-0.05, 0) is 43.5 Å². The number of aromatic carboxylic acids is 1. The molecule has 1 N–H and O–H groups in total. The van der Waals surface area contributed by atoms with Gasteiger partial charge in [-0.25, -0.2) is 13.9 Å². The monoisotopic (exact) mass is 260 g/mol. The molecule has 0 unspecified atom stereocenters. The van der Waals surface area contributed by atoms with Crippen LogP contribution in [-0.2, 0) is 0 Å². The minimum absolute atomic E-state index is 0.242. The molecular weight excluding hydrogens is 247 g/mol. The molecule has 0 atom stereocenters. The zero-order chi connectivity index (χ0) is 13.6. The Kier molecular flexibility index (Phi) is 2.62. The van der Waals surface area contributed by atoms with Crippen molar-refractivity contribution >= 4 is 5.97 Å². The molecular formula is C14H13FN2O2. The fourth-order valence-electron chi connectivity index (χ4n) is 2.32. The highest BCUT2D eigenvalue weighted by Crippen LogP contribution is 2.42. The second-order valence-corrected chi connectivity index (χ2v) is 4.87. The van der Waals surface area contributed by atoms with Crippen LogP contribution in [0, 0.1) is 12.7 Å². The highest BCUT2D eigenvalue weighted by molar-refractivity contribution is 5.89. The number of carboxylic acid groups (broad SMARTS) is 1. The minimum Gasteiger partial charge on any atom is -0.478 e. The molecule has 1 saturated carbocycles. The van der Waals surface area contributed by atoms with Gasteiger partial charge in [0, 0.05) is 5.92 Å². The van der Waals surface area contributed by atoms with E-state index in [2.05, 4.69) is 5.10 Å². The average molecular weight is 260 g/mol. The van der Waals surface area contributed by atoms with Crippen LogP contribution >= 0.6 is 0 Å². The van der Waals surface area contributed by atoms with Crippen LogP contribution in [0.2, 0.25) is 0 Å². The third kappa shape index (κ3) is 2.01. The number of halogens is 1. The van der Waals surface area contributed by atoms with Gasteiger partial charge >= 0.3 is 5.97 Å². The van der Waals surface area contributed by atoms with E-state index < -0.39 is 5.97 Å². The molecule has 1 aromatic heterocycles. The number of nitrogens with zero attached hydrogens (tertiary/aromatic N) is 2. The van der Waals surface area contributed by atoms with Crippen molar-refractivity contribution in [3.05, 3.63) is 47.0 Å². The topological polar surface area (TPSA) is 55.1 Å². The summed E-state index contributed by atoms with van der Waals surface area (Å²) in [4.78, 5) is 11.2. The van der Waals surface area contributed by atoms with E-state index in [4.69, 9.17) is 0 Å². The lowest BCUT2D eigenvalue weighted by molar-refractivity contribution is 0.0695. The number of benzene rings is 1. The van der Waals surface area contributed by atoms with Crippen LogP contribution in [0.15, 0.2) is 24.4 Å². The lowest BCUT2D eigenvalue weighted by Gasteiger charge is -2.10. The van der Waals surface area contributed by atoms with Gasteiger partial charge in [-0.2, -0.15) is 5.10 Å². The first-order valence-electron chi connectivity index (χ1n) is 6.15. The summed E-state index contributed by atoms with van der Waals surface area (Å²) in [5.74, 6) is -1.02. The molecule has 0 amide bonds. The first kappa shape index (κ1) is 11.9. The van der Waals surface area contributed by atoms with Crippen molar-refractivity contribution in [3.63, 3.8) is 0 Å². The SMILES string of the molecule is Cc1cc(F)ccc1-n1ncc(C(=O)O)c1C1CC1. The summed E-state index contributed by atoms with van der Waals surface area (Å²) in [6.45, 7) is 1.79. The molecule has 98 valence electrons. The number of carbonyl (C=O) groups is 1. The average Bonchev–Trinajstić information content (AvgIpc) is 3.08. The number of aryl methyl sites for hydroxylation is 1. The summed E-state index contributed by atoms with van der Waals surface area (Å²) < 4.78 is 14.8. The predicted molar refractivity (Wildman–Crippen MR) is 67.2 cm³/mol. The zero-order valence-corrected chi connectivity index (χ0v) is 10.4. The molecule has 5 heteroatoms. The smallest absolute Gasteiger partial charge is 0.339 e. The highest BCUT2D eigenvalue weighted by atomic mass is 19.1. The molecule has 1 aromatic carbocycles. The summed E-state index contributed by atoms with van der Waals surface area (Å²) in [7, 11) is 0. The summed E-state index contributed by atoms with van der Waals surface area (Å²) in [6.07, 6.45) is 3.33. The van der Waals surface area contributed by atoms with Crippen LogP contribution in [0.4, 0.5) is 4.39 Å². The largest absolute Gasteiger partial charge is 0.478 e. The molecule has 19 heavy (non-hydrogen) atoms. The molecule has 0 radical (unpaired) electrons. The van der Waals surface area contributed by atoms with Gasteiger partial charge in [0.05, 0.1) is 17.6 Å². The summed E-state index contributed by atoms with van der Waals surface area (Å²) in [5.41, 5.74) is 2.44. The number of hydrogen-bond donors (Lipinski definition) is 1. The van der Waals surface area contributed by atoms with E-state index in [1.165, 1.54) is 18.3 Å². The maximum absolute atomic E-state index is 13.1. The van der Waals surface area contributed by atoms with Crippen LogP contribution in [0.5, 0.6) is 0 Å². The molecule has 3 rings (SSSR count). The molecule has 4 nitrogen and oxygen atoms in total. The van der Waals surface area contributed by atoms with Crippen LogP contribution < -0.4 is 0 Å². The fraction of sp³-hybridized carbons (Fsp3) is 0.286. The van der Waals surface area contributed by atoms with Crippen molar-refractivity contribution in [3.8, 4) is 5.69 Å². The lowest BCUT2D eigenvalue weighted by Crippen LogP contribution is -2.07. The molecule has 1 heterocycles. The summed E-state index contributed by atoms with van der Waals surface area (Å²) >= 11 is 0. The van der Waals surface area contributed by atoms with Gasteiger partial charge in [-0.3, -0.25) is 0 Å². The van der Waals surface area contributed by atoms with Crippen molar-refractivity contribution in [1.29, 1.82) is 0 Å². The second-order valence-electron chi connectivity index (χ2n) is 4.87. The fourth-order valence-corrected chi connectivity index (χ4v) is 2.32. The molecule has 0 bridgehead atoms. The Morgan fingerprint density at radius 1 is 1.47 bits per heavy atom. The van der Waals surface area contributed by atoms with Crippen molar-refractivity contribution in [1.82, 2.24) is 9.78 Å². The molecule has 1 aliphatic carbocycles. The quantitative estimate of drug-likeness (QED) is 0.923. The summed E-state index contributed by atoms with van der Waals surface area (Å²) in [5, 5.41) is 13.4. The Bertz CT molecular complexity index is 659. The second kappa shape index (κ2) is 4.19. The molecule has 2 aromatic rings. The number of aromatic nitrogens is 2. The lowest BCUT2D eigenvalue weighted by atomic mass is 10.1. The predicted octanol–water partition coefficient (Wildman–Crippen LogP) is 2.90. The third-order valence-electron chi connectivity index (χ3n) is 3.39. The van der Waals surface area contributed by atoms with Crippen LogP contribution in [0.25, 0.3) is 5.69 Å². The van der Waals surface area contributed by atoms with Gasteiger partial charge in [0.2, 0.25) is 0 Å². The van der Waals surface area contributed by atoms with Gasteiger partial charge in [0.15, 0.2) is 0 Å². The molecule has 1 fully saturated rings. The first-order valence-corrected chi connectivity index (χ1v) is 6.15. The van der Waals surface area contributed by atoms with E-state index in [1.54, 1.807) is 17.7 Å². The van der Waals surface area contributed by atoms with Gasteiger partial charge in [0.1, 0.15) is 11.4 Å². The molecule has 0 saturated heterocycles. The maximum atomic E-state index is 13.1. The van der Waals surface area contributed by atoms with E-state index in [0.29, 0.717) is 0 Å². The Labute approximate surface area is 109 Å².